The molecule has 2 aromatic rings. The summed E-state index contributed by atoms with van der Waals surface area (Å²) in [4.78, 5) is 16.7. The zero-order valence-corrected chi connectivity index (χ0v) is 16.0. The van der Waals surface area contributed by atoms with Crippen LogP contribution < -0.4 is 5.32 Å². The van der Waals surface area contributed by atoms with E-state index in [-0.39, 0.29) is 5.82 Å². The number of amides is 1. The largest absolute Gasteiger partial charge is 0.444 e. The van der Waals surface area contributed by atoms with E-state index >= 15 is 0 Å². The average molecular weight is 351 g/mol. The molecule has 1 N–H and O–H groups in total. The maximum atomic E-state index is 12.2. The van der Waals surface area contributed by atoms with Crippen LogP contribution in [-0.4, -0.2) is 16.7 Å². The summed E-state index contributed by atoms with van der Waals surface area (Å²) in [5, 5.41) is 12.3. The Kier molecular flexibility index (Phi) is 5.99. The van der Waals surface area contributed by atoms with Crippen molar-refractivity contribution in [3.63, 3.8) is 0 Å². The summed E-state index contributed by atoms with van der Waals surface area (Å²) < 4.78 is 5.31. The number of aromatic nitrogens is 1. The highest BCUT2D eigenvalue weighted by Gasteiger charge is 2.20. The van der Waals surface area contributed by atoms with Gasteiger partial charge in [0.1, 0.15) is 17.2 Å². The molecule has 1 amide bonds. The molecular formula is C21H25N3O2. The number of carbonyl (C=O) groups is 1. The van der Waals surface area contributed by atoms with E-state index in [0.29, 0.717) is 11.5 Å². The molecule has 2 rings (SSSR count). The normalized spacial score (nSPS) is 11.1. The summed E-state index contributed by atoms with van der Waals surface area (Å²) in [5.74, 6) is 0.632. The van der Waals surface area contributed by atoms with Crippen LogP contribution in [0.5, 0.6) is 0 Å². The molecule has 0 atom stereocenters. The molecule has 1 aromatic heterocycles. The third-order valence-electron chi connectivity index (χ3n) is 3.51. The van der Waals surface area contributed by atoms with E-state index in [1.807, 2.05) is 36.4 Å². The Morgan fingerprint density at radius 3 is 2.46 bits per heavy atom. The fraction of sp³-hybridized carbons (Fsp3) is 0.381. The molecule has 0 aliphatic carbocycles. The molecule has 5 heteroatoms. The monoisotopic (exact) mass is 351 g/mol. The molecular weight excluding hydrogens is 326 g/mol. The number of ether oxygens (including phenoxy) is 1. The van der Waals surface area contributed by atoms with Crippen molar-refractivity contribution >= 4 is 11.9 Å². The van der Waals surface area contributed by atoms with Crippen LogP contribution in [0.1, 0.15) is 45.9 Å². The van der Waals surface area contributed by atoms with Gasteiger partial charge >= 0.3 is 6.09 Å². The molecule has 26 heavy (non-hydrogen) atoms. The maximum Gasteiger partial charge on any atom is 0.413 e. The van der Waals surface area contributed by atoms with Crippen molar-refractivity contribution in [3.8, 4) is 17.2 Å². The zero-order chi connectivity index (χ0) is 19.3. The smallest absolute Gasteiger partial charge is 0.413 e. The van der Waals surface area contributed by atoms with Gasteiger partial charge in [0.25, 0.3) is 0 Å². The number of hydrogen-bond donors (Lipinski definition) is 1. The zero-order valence-electron chi connectivity index (χ0n) is 16.0. The molecule has 0 unspecified atom stereocenters. The van der Waals surface area contributed by atoms with Gasteiger partial charge < -0.3 is 4.74 Å². The Morgan fingerprint density at radius 2 is 1.92 bits per heavy atom. The quantitative estimate of drug-likeness (QED) is 0.825. The number of pyridine rings is 1. The van der Waals surface area contributed by atoms with Crippen molar-refractivity contribution in [1.29, 1.82) is 5.26 Å². The molecule has 0 aliphatic heterocycles. The van der Waals surface area contributed by atoms with E-state index in [0.717, 1.165) is 23.2 Å². The predicted molar refractivity (Wildman–Crippen MR) is 103 cm³/mol. The average Bonchev–Trinajstić information content (AvgIpc) is 2.53. The first-order valence-corrected chi connectivity index (χ1v) is 8.69. The Hall–Kier alpha value is -2.87. The molecule has 0 bridgehead atoms. The molecule has 0 spiro atoms. The Morgan fingerprint density at radius 1 is 1.27 bits per heavy atom. The second-order valence-electron chi connectivity index (χ2n) is 7.59. The topological polar surface area (TPSA) is 75.0 Å². The van der Waals surface area contributed by atoms with Crippen LogP contribution >= 0.6 is 0 Å². The molecule has 1 heterocycles. The molecule has 0 fully saturated rings. The van der Waals surface area contributed by atoms with Gasteiger partial charge in [-0.2, -0.15) is 5.26 Å². The van der Waals surface area contributed by atoms with Crippen molar-refractivity contribution in [2.24, 2.45) is 5.92 Å². The van der Waals surface area contributed by atoms with Gasteiger partial charge in [0.05, 0.1) is 0 Å². The van der Waals surface area contributed by atoms with Gasteiger partial charge in [-0.15, -0.1) is 0 Å². The van der Waals surface area contributed by atoms with Crippen LogP contribution in [0, 0.1) is 17.2 Å². The van der Waals surface area contributed by atoms with Crippen molar-refractivity contribution in [3.05, 3.63) is 47.7 Å². The fourth-order valence-corrected chi connectivity index (χ4v) is 2.57. The van der Waals surface area contributed by atoms with Crippen molar-refractivity contribution < 1.29 is 9.53 Å². The van der Waals surface area contributed by atoms with Crippen molar-refractivity contribution in [2.75, 3.05) is 5.32 Å². The minimum atomic E-state index is -0.630. The van der Waals surface area contributed by atoms with Crippen LogP contribution in [0.4, 0.5) is 10.6 Å². The highest BCUT2D eigenvalue weighted by Crippen LogP contribution is 2.29. The lowest BCUT2D eigenvalue weighted by atomic mass is 9.98. The van der Waals surface area contributed by atoms with E-state index in [9.17, 15) is 10.1 Å². The van der Waals surface area contributed by atoms with Gasteiger partial charge in [-0.05, 0) is 44.7 Å². The minimum absolute atomic E-state index is 0.235. The van der Waals surface area contributed by atoms with Gasteiger partial charge in [0.2, 0.25) is 0 Å². The summed E-state index contributed by atoms with van der Waals surface area (Å²) in [6.07, 6.45) is 0.122. The Balaban J connectivity index is 2.51. The number of carbonyl (C=O) groups excluding carboxylic acids is 1. The lowest BCUT2D eigenvalue weighted by Crippen LogP contribution is -2.28. The lowest BCUT2D eigenvalue weighted by Gasteiger charge is -2.20. The second kappa shape index (κ2) is 8.01. The number of nitriles is 1. The summed E-state index contributed by atoms with van der Waals surface area (Å²) in [6, 6.07) is 13.7. The summed E-state index contributed by atoms with van der Waals surface area (Å²) in [5.41, 5.74) is 2.18. The van der Waals surface area contributed by atoms with Gasteiger partial charge in [-0.3, -0.25) is 5.32 Å². The third kappa shape index (κ3) is 5.32. The van der Waals surface area contributed by atoms with Crippen molar-refractivity contribution in [2.45, 2.75) is 46.6 Å². The number of nitrogens with one attached hydrogen (secondary N) is 1. The molecule has 1 aromatic carbocycles. The molecule has 0 aliphatic rings. The summed E-state index contributed by atoms with van der Waals surface area (Å²) >= 11 is 0. The van der Waals surface area contributed by atoms with E-state index < -0.39 is 11.7 Å². The van der Waals surface area contributed by atoms with Crippen LogP contribution in [-0.2, 0) is 11.2 Å². The van der Waals surface area contributed by atoms with Crippen LogP contribution in [0.2, 0.25) is 0 Å². The number of benzene rings is 1. The highest BCUT2D eigenvalue weighted by atomic mass is 16.6. The molecule has 5 nitrogen and oxygen atoms in total. The van der Waals surface area contributed by atoms with Gasteiger partial charge in [-0.25, -0.2) is 9.78 Å². The first-order valence-electron chi connectivity index (χ1n) is 8.69. The van der Waals surface area contributed by atoms with Gasteiger partial charge in [-0.1, -0.05) is 44.2 Å². The number of hydrogen-bond acceptors (Lipinski definition) is 4. The molecule has 0 saturated heterocycles. The van der Waals surface area contributed by atoms with Gasteiger partial charge in [0.15, 0.2) is 5.82 Å². The van der Waals surface area contributed by atoms with Crippen molar-refractivity contribution in [1.82, 2.24) is 4.98 Å². The Labute approximate surface area is 155 Å². The number of anilines is 1. The van der Waals surface area contributed by atoms with Crippen LogP contribution in [0.3, 0.4) is 0 Å². The van der Waals surface area contributed by atoms with E-state index in [1.165, 1.54) is 0 Å². The Bertz CT molecular complexity index is 816. The first kappa shape index (κ1) is 19.5. The number of nitrogens with zero attached hydrogens (tertiary/aromatic N) is 2. The maximum absolute atomic E-state index is 12.2. The minimum Gasteiger partial charge on any atom is -0.444 e. The van der Waals surface area contributed by atoms with E-state index in [4.69, 9.17) is 4.74 Å². The SMILES string of the molecule is CC(C)Cc1cc(-c2ccccc2)c(C#N)c(NC(=O)OC(C)(C)C)n1. The van der Waals surface area contributed by atoms with Gasteiger partial charge in [0, 0.05) is 11.3 Å². The summed E-state index contributed by atoms with van der Waals surface area (Å²) in [6.45, 7) is 9.56. The van der Waals surface area contributed by atoms with Crippen LogP contribution in [0.25, 0.3) is 11.1 Å². The lowest BCUT2D eigenvalue weighted by molar-refractivity contribution is 0.0635. The molecule has 0 radical (unpaired) electrons. The highest BCUT2D eigenvalue weighted by molar-refractivity contribution is 5.88. The fourth-order valence-electron chi connectivity index (χ4n) is 2.57. The third-order valence-corrected chi connectivity index (χ3v) is 3.51. The molecule has 0 saturated carbocycles. The van der Waals surface area contributed by atoms with E-state index in [1.54, 1.807) is 20.8 Å². The number of rotatable bonds is 4. The molecule has 136 valence electrons. The standard InChI is InChI=1S/C21H25N3O2/c1-14(2)11-16-12-17(15-9-7-6-8-10-15)18(13-22)19(23-16)24-20(25)26-21(3,4)5/h6-10,12,14H,11H2,1-5H3,(H,23,24,25). The van der Waals surface area contributed by atoms with E-state index in [2.05, 4.69) is 30.2 Å². The van der Waals surface area contributed by atoms with Crippen LogP contribution in [0.15, 0.2) is 36.4 Å². The predicted octanol–water partition coefficient (Wildman–Crippen LogP) is 5.17. The second-order valence-corrected chi connectivity index (χ2v) is 7.59. The summed E-state index contributed by atoms with van der Waals surface area (Å²) in [7, 11) is 0. The first-order chi connectivity index (χ1) is 12.2.